The summed E-state index contributed by atoms with van der Waals surface area (Å²) in [5, 5.41) is 0. The van der Waals surface area contributed by atoms with E-state index in [1.165, 1.54) is 6.07 Å². The van der Waals surface area contributed by atoms with Gasteiger partial charge in [0, 0.05) is 18.2 Å². The standard InChI is InChI=1S/C20H24F2N2O3S/c21-15-6-5-14(9-16(15)22)18-10-23(7-8-27-18)20(26)17-11-28-12-24(17)19(25)13-3-1-2-4-13/h5-6,9,13,17-18H,1-4,7-8,10-12H2. The highest BCUT2D eigenvalue weighted by molar-refractivity contribution is 7.99. The van der Waals surface area contributed by atoms with E-state index in [9.17, 15) is 18.4 Å². The molecule has 1 aromatic rings. The molecule has 1 aromatic carbocycles. The third kappa shape index (κ3) is 3.89. The summed E-state index contributed by atoms with van der Waals surface area (Å²) in [5.74, 6) is -0.596. The van der Waals surface area contributed by atoms with Gasteiger partial charge in [-0.15, -0.1) is 11.8 Å². The fraction of sp³-hybridized carbons (Fsp3) is 0.600. The molecule has 28 heavy (non-hydrogen) atoms. The highest BCUT2D eigenvalue weighted by atomic mass is 32.2. The van der Waals surface area contributed by atoms with Gasteiger partial charge in [0.1, 0.15) is 12.1 Å². The van der Waals surface area contributed by atoms with E-state index in [-0.39, 0.29) is 24.3 Å². The molecule has 3 aliphatic rings. The number of amides is 2. The Morgan fingerprint density at radius 1 is 1.11 bits per heavy atom. The molecule has 0 aromatic heterocycles. The lowest BCUT2D eigenvalue weighted by Gasteiger charge is -2.36. The molecule has 3 fully saturated rings. The maximum Gasteiger partial charge on any atom is 0.246 e. The van der Waals surface area contributed by atoms with Gasteiger partial charge in [0.05, 0.1) is 19.0 Å². The molecule has 2 aliphatic heterocycles. The van der Waals surface area contributed by atoms with Crippen LogP contribution in [0.5, 0.6) is 0 Å². The molecule has 1 aliphatic carbocycles. The Morgan fingerprint density at radius 2 is 1.89 bits per heavy atom. The van der Waals surface area contributed by atoms with Gasteiger partial charge < -0.3 is 14.5 Å². The Kier molecular flexibility index (Phi) is 5.87. The van der Waals surface area contributed by atoms with Crippen molar-refractivity contribution in [3.63, 3.8) is 0 Å². The van der Waals surface area contributed by atoms with E-state index in [1.807, 2.05) is 0 Å². The fourth-order valence-electron chi connectivity index (χ4n) is 4.25. The molecule has 2 unspecified atom stereocenters. The minimum Gasteiger partial charge on any atom is -0.370 e. The van der Waals surface area contributed by atoms with E-state index < -0.39 is 23.8 Å². The maximum atomic E-state index is 13.6. The predicted octanol–water partition coefficient (Wildman–Crippen LogP) is 2.96. The molecule has 4 rings (SSSR count). The molecule has 0 spiro atoms. The average molecular weight is 410 g/mol. The van der Waals surface area contributed by atoms with E-state index in [4.69, 9.17) is 4.74 Å². The molecule has 0 bridgehead atoms. The number of hydrogen-bond donors (Lipinski definition) is 0. The van der Waals surface area contributed by atoms with Crippen LogP contribution in [-0.4, -0.2) is 59.0 Å². The number of halogens is 2. The van der Waals surface area contributed by atoms with Gasteiger partial charge in [0.25, 0.3) is 0 Å². The summed E-state index contributed by atoms with van der Waals surface area (Å²) >= 11 is 1.61. The van der Waals surface area contributed by atoms with Crippen molar-refractivity contribution in [1.82, 2.24) is 9.80 Å². The zero-order valence-corrected chi connectivity index (χ0v) is 16.4. The van der Waals surface area contributed by atoms with Crippen LogP contribution < -0.4 is 0 Å². The van der Waals surface area contributed by atoms with Gasteiger partial charge in [-0.2, -0.15) is 0 Å². The monoisotopic (exact) mass is 410 g/mol. The lowest BCUT2D eigenvalue weighted by Crippen LogP contribution is -2.53. The van der Waals surface area contributed by atoms with Crippen LogP contribution in [0.15, 0.2) is 18.2 Å². The van der Waals surface area contributed by atoms with Gasteiger partial charge in [-0.05, 0) is 30.5 Å². The quantitative estimate of drug-likeness (QED) is 0.769. The Hall–Kier alpha value is -1.67. The number of morpholine rings is 1. The molecule has 5 nitrogen and oxygen atoms in total. The number of carbonyl (C=O) groups excluding carboxylic acids is 2. The van der Waals surface area contributed by atoms with Gasteiger partial charge in [-0.25, -0.2) is 8.78 Å². The van der Waals surface area contributed by atoms with Gasteiger partial charge in [0.2, 0.25) is 11.8 Å². The third-order valence-electron chi connectivity index (χ3n) is 5.85. The predicted molar refractivity (Wildman–Crippen MR) is 102 cm³/mol. The molecule has 152 valence electrons. The lowest BCUT2D eigenvalue weighted by atomic mass is 10.0. The first-order valence-electron chi connectivity index (χ1n) is 9.78. The summed E-state index contributed by atoms with van der Waals surface area (Å²) in [6.07, 6.45) is 3.48. The molecule has 2 heterocycles. The zero-order valence-electron chi connectivity index (χ0n) is 15.6. The highest BCUT2D eigenvalue weighted by Crippen LogP contribution is 2.32. The first-order valence-corrected chi connectivity index (χ1v) is 10.9. The van der Waals surface area contributed by atoms with Crippen molar-refractivity contribution in [1.29, 1.82) is 0 Å². The van der Waals surface area contributed by atoms with E-state index in [0.29, 0.717) is 30.3 Å². The largest absolute Gasteiger partial charge is 0.370 e. The fourth-order valence-corrected chi connectivity index (χ4v) is 5.40. The number of benzene rings is 1. The Labute approximate surface area is 167 Å². The zero-order chi connectivity index (χ0) is 19.7. The van der Waals surface area contributed by atoms with E-state index in [0.717, 1.165) is 37.8 Å². The molecular weight excluding hydrogens is 386 g/mol. The van der Waals surface area contributed by atoms with Crippen molar-refractivity contribution < 1.29 is 23.1 Å². The second kappa shape index (κ2) is 8.37. The van der Waals surface area contributed by atoms with Crippen LogP contribution in [0.1, 0.15) is 37.4 Å². The minimum absolute atomic E-state index is 0.0497. The first-order chi connectivity index (χ1) is 13.5. The van der Waals surface area contributed by atoms with Gasteiger partial charge in [-0.1, -0.05) is 18.9 Å². The molecule has 2 atom stereocenters. The second-order valence-corrected chi connectivity index (χ2v) is 8.62. The van der Waals surface area contributed by atoms with Crippen LogP contribution >= 0.6 is 11.8 Å². The molecule has 1 saturated carbocycles. The Morgan fingerprint density at radius 3 is 2.64 bits per heavy atom. The van der Waals surface area contributed by atoms with E-state index in [2.05, 4.69) is 0 Å². The van der Waals surface area contributed by atoms with Crippen LogP contribution in [-0.2, 0) is 14.3 Å². The Balaban J connectivity index is 1.44. The summed E-state index contributed by atoms with van der Waals surface area (Å²) in [4.78, 5) is 29.4. The highest BCUT2D eigenvalue weighted by Gasteiger charge is 2.41. The molecule has 0 N–H and O–H groups in total. The summed E-state index contributed by atoms with van der Waals surface area (Å²) in [5.41, 5.74) is 0.510. The lowest BCUT2D eigenvalue weighted by molar-refractivity contribution is -0.150. The molecule has 2 amide bonds. The SMILES string of the molecule is O=C(C1CSCN1C(=O)C1CCCC1)N1CCOC(c2ccc(F)c(F)c2)C1. The average Bonchev–Trinajstić information content (AvgIpc) is 3.41. The van der Waals surface area contributed by atoms with E-state index >= 15 is 0 Å². The molecule has 8 heteroatoms. The van der Waals surface area contributed by atoms with Crippen molar-refractivity contribution in [3.05, 3.63) is 35.4 Å². The van der Waals surface area contributed by atoms with Crippen molar-refractivity contribution in [2.24, 2.45) is 5.92 Å². The first kappa shape index (κ1) is 19.6. The number of hydrogen-bond acceptors (Lipinski definition) is 4. The normalized spacial score (nSPS) is 26.1. The summed E-state index contributed by atoms with van der Waals surface area (Å²) in [7, 11) is 0. The van der Waals surface area contributed by atoms with Crippen molar-refractivity contribution in [2.75, 3.05) is 31.3 Å². The van der Waals surface area contributed by atoms with Crippen LogP contribution in [0.4, 0.5) is 8.78 Å². The molecular formula is C20H24F2N2O3S. The Bertz CT molecular complexity index is 757. The minimum atomic E-state index is -0.926. The summed E-state index contributed by atoms with van der Waals surface area (Å²) in [6, 6.07) is 3.24. The van der Waals surface area contributed by atoms with Crippen molar-refractivity contribution in [3.8, 4) is 0 Å². The smallest absolute Gasteiger partial charge is 0.246 e. The van der Waals surface area contributed by atoms with Gasteiger partial charge in [0.15, 0.2) is 11.6 Å². The van der Waals surface area contributed by atoms with Gasteiger partial charge >= 0.3 is 0 Å². The number of ether oxygens (including phenoxy) is 1. The van der Waals surface area contributed by atoms with E-state index in [1.54, 1.807) is 21.6 Å². The number of thioether (sulfide) groups is 1. The van der Waals surface area contributed by atoms with Crippen LogP contribution in [0, 0.1) is 17.6 Å². The molecule has 2 saturated heterocycles. The van der Waals surface area contributed by atoms with Crippen molar-refractivity contribution in [2.45, 2.75) is 37.8 Å². The third-order valence-corrected chi connectivity index (χ3v) is 6.86. The maximum absolute atomic E-state index is 13.6. The van der Waals surface area contributed by atoms with Crippen LogP contribution in [0.2, 0.25) is 0 Å². The number of carbonyl (C=O) groups is 2. The molecule has 0 radical (unpaired) electrons. The summed E-state index contributed by atoms with van der Waals surface area (Å²) < 4.78 is 32.5. The van der Waals surface area contributed by atoms with Crippen LogP contribution in [0.25, 0.3) is 0 Å². The topological polar surface area (TPSA) is 49.9 Å². The summed E-state index contributed by atoms with van der Waals surface area (Å²) in [6.45, 7) is 1.04. The van der Waals surface area contributed by atoms with Crippen molar-refractivity contribution >= 4 is 23.6 Å². The number of rotatable bonds is 3. The van der Waals surface area contributed by atoms with Gasteiger partial charge in [-0.3, -0.25) is 9.59 Å². The second-order valence-electron chi connectivity index (χ2n) is 7.62. The number of nitrogens with zero attached hydrogens (tertiary/aromatic N) is 2. The van der Waals surface area contributed by atoms with Crippen LogP contribution in [0.3, 0.4) is 0 Å².